The zero-order valence-corrected chi connectivity index (χ0v) is 11.9. The number of thiophene rings is 1. The fraction of sp³-hybridized carbons (Fsp3) is 0.308. The molecule has 0 saturated heterocycles. The molecule has 0 bridgehead atoms. The molecule has 1 unspecified atom stereocenters. The Morgan fingerprint density at radius 2 is 2.40 bits per heavy atom. The summed E-state index contributed by atoms with van der Waals surface area (Å²) in [7, 11) is 2.00. The normalized spacial score (nSPS) is 12.7. The Balaban J connectivity index is 1.72. The van der Waals surface area contributed by atoms with Crippen molar-refractivity contribution in [3.05, 3.63) is 52.8 Å². The molecule has 0 aliphatic carbocycles. The van der Waals surface area contributed by atoms with E-state index in [0.29, 0.717) is 12.3 Å². The lowest BCUT2D eigenvalue weighted by Crippen LogP contribution is -2.26. The van der Waals surface area contributed by atoms with Crippen LogP contribution in [0.15, 0.2) is 40.8 Å². The van der Waals surface area contributed by atoms with E-state index in [9.17, 15) is 0 Å². The van der Waals surface area contributed by atoms with Crippen LogP contribution in [0.3, 0.4) is 0 Å². The summed E-state index contributed by atoms with van der Waals surface area (Å²) in [5.74, 6) is 1.64. The zero-order chi connectivity index (χ0) is 13.8. The topological polar surface area (TPSA) is 68.8 Å². The number of hydrogen-bond acceptors (Lipinski definition) is 6. The highest BCUT2D eigenvalue weighted by molar-refractivity contribution is 7.10. The average Bonchev–Trinajstić information content (AvgIpc) is 3.18. The Morgan fingerprint density at radius 3 is 3.05 bits per heavy atom. The zero-order valence-electron chi connectivity index (χ0n) is 11.1. The van der Waals surface area contributed by atoms with E-state index < -0.39 is 0 Å². The van der Waals surface area contributed by atoms with E-state index in [1.807, 2.05) is 24.0 Å². The van der Waals surface area contributed by atoms with E-state index in [1.54, 1.807) is 11.3 Å². The number of aryl methyl sites for hydroxylation is 1. The van der Waals surface area contributed by atoms with Crippen molar-refractivity contribution in [2.75, 3.05) is 6.54 Å². The Labute approximate surface area is 120 Å². The van der Waals surface area contributed by atoms with Crippen LogP contribution in [0.2, 0.25) is 0 Å². The van der Waals surface area contributed by atoms with Crippen LogP contribution in [-0.2, 0) is 13.5 Å². The molecule has 104 valence electrons. The van der Waals surface area contributed by atoms with Gasteiger partial charge in [0.2, 0.25) is 5.89 Å². The summed E-state index contributed by atoms with van der Waals surface area (Å²) in [6, 6.07) is 4.25. The van der Waals surface area contributed by atoms with E-state index in [4.69, 9.17) is 4.52 Å². The predicted molar refractivity (Wildman–Crippen MR) is 75.4 cm³/mol. The number of imidazole rings is 1. The average molecular weight is 289 g/mol. The fourth-order valence-corrected chi connectivity index (χ4v) is 2.86. The lowest BCUT2D eigenvalue weighted by Gasteiger charge is -2.16. The summed E-state index contributed by atoms with van der Waals surface area (Å²) in [4.78, 5) is 9.70. The van der Waals surface area contributed by atoms with Gasteiger partial charge in [0.05, 0.1) is 0 Å². The van der Waals surface area contributed by atoms with Crippen molar-refractivity contribution in [1.82, 2.24) is 25.0 Å². The van der Waals surface area contributed by atoms with Crippen molar-refractivity contribution in [2.45, 2.75) is 12.5 Å². The third-order valence-electron chi connectivity index (χ3n) is 3.04. The molecule has 0 saturated carbocycles. The van der Waals surface area contributed by atoms with Crippen LogP contribution in [0.1, 0.15) is 22.6 Å². The summed E-state index contributed by atoms with van der Waals surface area (Å²) in [5, 5.41) is 9.18. The number of rotatable bonds is 6. The molecule has 0 radical (unpaired) electrons. The smallest absolute Gasteiger partial charge is 0.227 e. The Bertz CT molecular complexity index is 632. The van der Waals surface area contributed by atoms with Crippen molar-refractivity contribution in [3.8, 4) is 0 Å². The van der Waals surface area contributed by atoms with Crippen molar-refractivity contribution in [2.24, 2.45) is 7.05 Å². The molecule has 0 aliphatic rings. The van der Waals surface area contributed by atoms with Gasteiger partial charge in [0, 0.05) is 37.3 Å². The van der Waals surface area contributed by atoms with Gasteiger partial charge in [-0.3, -0.25) is 0 Å². The van der Waals surface area contributed by atoms with Crippen LogP contribution in [0.25, 0.3) is 0 Å². The van der Waals surface area contributed by atoms with E-state index >= 15 is 0 Å². The maximum Gasteiger partial charge on any atom is 0.227 e. The van der Waals surface area contributed by atoms with Crippen LogP contribution >= 0.6 is 11.3 Å². The molecule has 3 aromatic heterocycles. The van der Waals surface area contributed by atoms with Gasteiger partial charge in [-0.25, -0.2) is 4.98 Å². The molecule has 0 fully saturated rings. The van der Waals surface area contributed by atoms with Gasteiger partial charge in [0.15, 0.2) is 6.33 Å². The third kappa shape index (κ3) is 2.78. The van der Waals surface area contributed by atoms with Crippen molar-refractivity contribution in [3.63, 3.8) is 0 Å². The number of nitrogens with zero attached hydrogens (tertiary/aromatic N) is 4. The molecule has 20 heavy (non-hydrogen) atoms. The highest BCUT2D eigenvalue weighted by Gasteiger charge is 2.18. The van der Waals surface area contributed by atoms with Crippen molar-refractivity contribution < 1.29 is 4.52 Å². The van der Waals surface area contributed by atoms with Gasteiger partial charge in [-0.15, -0.1) is 11.3 Å². The molecule has 0 aromatic carbocycles. The molecule has 3 aromatic rings. The molecule has 1 atom stereocenters. The van der Waals surface area contributed by atoms with Gasteiger partial charge in [0.25, 0.3) is 0 Å². The van der Waals surface area contributed by atoms with Gasteiger partial charge < -0.3 is 14.4 Å². The Hall–Kier alpha value is -1.99. The summed E-state index contributed by atoms with van der Waals surface area (Å²) in [5.41, 5.74) is 0. The number of aromatic nitrogens is 4. The number of nitrogens with one attached hydrogen (secondary N) is 1. The first-order valence-corrected chi connectivity index (χ1v) is 7.22. The second-order valence-corrected chi connectivity index (χ2v) is 5.36. The lowest BCUT2D eigenvalue weighted by atomic mass is 10.2. The monoisotopic (exact) mass is 289 g/mol. The van der Waals surface area contributed by atoms with Gasteiger partial charge in [-0.05, 0) is 11.4 Å². The minimum Gasteiger partial charge on any atom is -0.340 e. The first-order valence-electron chi connectivity index (χ1n) is 6.34. The second-order valence-electron chi connectivity index (χ2n) is 4.38. The molecule has 1 N–H and O–H groups in total. The van der Waals surface area contributed by atoms with E-state index in [0.717, 1.165) is 12.4 Å². The Morgan fingerprint density at radius 1 is 1.45 bits per heavy atom. The van der Waals surface area contributed by atoms with Crippen molar-refractivity contribution >= 4 is 11.3 Å². The lowest BCUT2D eigenvalue weighted by molar-refractivity contribution is 0.373. The highest BCUT2D eigenvalue weighted by atomic mass is 32.1. The minimum absolute atomic E-state index is 0.0814. The maximum atomic E-state index is 5.00. The van der Waals surface area contributed by atoms with Crippen molar-refractivity contribution in [1.29, 1.82) is 0 Å². The molecule has 0 amide bonds. The van der Waals surface area contributed by atoms with Crippen LogP contribution in [0, 0.1) is 0 Å². The molecule has 0 aliphatic heterocycles. The molecule has 0 spiro atoms. The molecule has 3 heterocycles. The third-order valence-corrected chi connectivity index (χ3v) is 3.98. The second kappa shape index (κ2) is 5.98. The standard InChI is InChI=1S/C13H15N5OS/c1-18-7-6-15-13(18)12(10-3-2-8-20-10)14-5-4-11-16-9-17-19-11/h2-3,6-9,12,14H,4-5H2,1H3. The number of hydrogen-bond donors (Lipinski definition) is 1. The fourth-order valence-electron chi connectivity index (χ4n) is 2.06. The molecular weight excluding hydrogens is 274 g/mol. The van der Waals surface area contributed by atoms with Crippen LogP contribution < -0.4 is 5.32 Å². The van der Waals surface area contributed by atoms with Gasteiger partial charge in [-0.2, -0.15) is 4.98 Å². The molecule has 7 heteroatoms. The van der Waals surface area contributed by atoms with Crippen LogP contribution in [0.4, 0.5) is 0 Å². The molecule has 3 rings (SSSR count). The summed E-state index contributed by atoms with van der Waals surface area (Å²) in [6.45, 7) is 0.748. The maximum absolute atomic E-state index is 5.00. The summed E-state index contributed by atoms with van der Waals surface area (Å²) >= 11 is 1.72. The summed E-state index contributed by atoms with van der Waals surface area (Å²) in [6.07, 6.45) is 5.89. The molecular formula is C13H15N5OS. The first-order chi connectivity index (χ1) is 9.84. The SMILES string of the molecule is Cn1ccnc1C(NCCc1ncno1)c1cccs1. The largest absolute Gasteiger partial charge is 0.340 e. The highest BCUT2D eigenvalue weighted by Crippen LogP contribution is 2.24. The quantitative estimate of drug-likeness (QED) is 0.749. The van der Waals surface area contributed by atoms with E-state index in [1.165, 1.54) is 11.2 Å². The van der Waals surface area contributed by atoms with Gasteiger partial charge in [0.1, 0.15) is 11.9 Å². The first kappa shape index (κ1) is 13.0. The van der Waals surface area contributed by atoms with Crippen LogP contribution in [-0.4, -0.2) is 26.2 Å². The van der Waals surface area contributed by atoms with Crippen LogP contribution in [0.5, 0.6) is 0 Å². The van der Waals surface area contributed by atoms with E-state index in [-0.39, 0.29) is 6.04 Å². The summed E-state index contributed by atoms with van der Waals surface area (Å²) < 4.78 is 7.03. The van der Waals surface area contributed by atoms with Gasteiger partial charge in [-0.1, -0.05) is 11.2 Å². The minimum atomic E-state index is 0.0814. The Kier molecular flexibility index (Phi) is 3.89. The molecule has 6 nitrogen and oxygen atoms in total. The van der Waals surface area contributed by atoms with Gasteiger partial charge >= 0.3 is 0 Å². The van der Waals surface area contributed by atoms with E-state index in [2.05, 4.69) is 38.0 Å². The predicted octanol–water partition coefficient (Wildman–Crippen LogP) is 1.79.